The van der Waals surface area contributed by atoms with Gasteiger partial charge in [0.05, 0.1) is 10.7 Å². The number of nitrogens with zero attached hydrogens (tertiary/aromatic N) is 1. The Morgan fingerprint density at radius 1 is 1.12 bits per heavy atom. The van der Waals surface area contributed by atoms with Crippen molar-refractivity contribution >= 4 is 44.8 Å². The quantitative estimate of drug-likeness (QED) is 0.726. The summed E-state index contributed by atoms with van der Waals surface area (Å²) in [6.45, 7) is 2.02. The lowest BCUT2D eigenvalue weighted by atomic mass is 10.1. The van der Waals surface area contributed by atoms with Gasteiger partial charge in [-0.1, -0.05) is 27.5 Å². The molecular formula is C19H20BrClN2O2. The lowest BCUT2D eigenvalue weighted by Crippen LogP contribution is -2.29. The number of hydrogen-bond acceptors (Lipinski definition) is 3. The molecule has 0 aliphatic carbocycles. The van der Waals surface area contributed by atoms with E-state index in [4.69, 9.17) is 16.3 Å². The molecule has 1 fully saturated rings. The van der Waals surface area contributed by atoms with Crippen LogP contribution in [-0.2, 0) is 4.79 Å². The summed E-state index contributed by atoms with van der Waals surface area (Å²) in [5, 5.41) is 3.48. The molecule has 1 amide bonds. The molecule has 1 N–H and O–H groups in total. The van der Waals surface area contributed by atoms with Crippen LogP contribution in [0.2, 0.25) is 5.02 Å². The van der Waals surface area contributed by atoms with Gasteiger partial charge in [-0.2, -0.15) is 0 Å². The van der Waals surface area contributed by atoms with Crippen molar-refractivity contribution in [2.45, 2.75) is 19.3 Å². The number of ether oxygens (including phenoxy) is 1. The molecule has 2 aromatic rings. The Kier molecular flexibility index (Phi) is 6.21. The van der Waals surface area contributed by atoms with Crippen LogP contribution in [-0.4, -0.2) is 25.6 Å². The van der Waals surface area contributed by atoms with Gasteiger partial charge >= 0.3 is 0 Å². The van der Waals surface area contributed by atoms with Crippen molar-refractivity contribution in [3.05, 3.63) is 52.0 Å². The molecule has 0 aromatic heterocycles. The number of benzene rings is 2. The lowest BCUT2D eigenvalue weighted by molar-refractivity contribution is -0.118. The van der Waals surface area contributed by atoms with Gasteiger partial charge in [-0.3, -0.25) is 4.79 Å². The van der Waals surface area contributed by atoms with Gasteiger partial charge in [-0.15, -0.1) is 0 Å². The first kappa shape index (κ1) is 18.1. The third-order valence-electron chi connectivity index (χ3n) is 4.11. The fraction of sp³-hybridized carbons (Fsp3) is 0.316. The fourth-order valence-electron chi connectivity index (χ4n) is 2.85. The van der Waals surface area contributed by atoms with Crippen molar-refractivity contribution in [3.63, 3.8) is 0 Å². The van der Waals surface area contributed by atoms with E-state index >= 15 is 0 Å². The van der Waals surface area contributed by atoms with E-state index in [-0.39, 0.29) is 12.5 Å². The number of halogens is 2. The Morgan fingerprint density at radius 2 is 1.84 bits per heavy atom. The summed E-state index contributed by atoms with van der Waals surface area (Å²) < 4.78 is 6.44. The number of nitrogens with one attached hydrogen (secondary N) is 1. The summed E-state index contributed by atoms with van der Waals surface area (Å²) in [7, 11) is 0. The van der Waals surface area contributed by atoms with Crippen molar-refractivity contribution in [3.8, 4) is 5.75 Å². The molecular weight excluding hydrogens is 404 g/mol. The maximum atomic E-state index is 12.1. The summed E-state index contributed by atoms with van der Waals surface area (Å²) in [6, 6.07) is 13.0. The first-order valence-corrected chi connectivity index (χ1v) is 9.51. The molecule has 0 atom stereocenters. The van der Waals surface area contributed by atoms with Crippen LogP contribution in [0.15, 0.2) is 46.9 Å². The Balaban J connectivity index is 1.55. The lowest BCUT2D eigenvalue weighted by Gasteiger charge is -2.29. The molecule has 0 radical (unpaired) electrons. The minimum Gasteiger partial charge on any atom is -0.484 e. The Bertz CT molecular complexity index is 731. The van der Waals surface area contributed by atoms with Crippen LogP contribution in [0, 0.1) is 0 Å². The highest BCUT2D eigenvalue weighted by atomic mass is 79.9. The Morgan fingerprint density at radius 3 is 2.52 bits per heavy atom. The van der Waals surface area contributed by atoms with Gasteiger partial charge < -0.3 is 15.0 Å². The zero-order chi connectivity index (χ0) is 17.6. The third kappa shape index (κ3) is 5.13. The van der Waals surface area contributed by atoms with Gasteiger partial charge in [0.15, 0.2) is 6.61 Å². The third-order valence-corrected chi connectivity index (χ3v) is 4.94. The average molecular weight is 424 g/mol. The van der Waals surface area contributed by atoms with Crippen LogP contribution in [0.25, 0.3) is 0 Å². The van der Waals surface area contributed by atoms with Gasteiger partial charge in [0.2, 0.25) is 0 Å². The second kappa shape index (κ2) is 8.59. The van der Waals surface area contributed by atoms with E-state index in [0.29, 0.717) is 16.5 Å². The smallest absolute Gasteiger partial charge is 0.262 e. The summed E-state index contributed by atoms with van der Waals surface area (Å²) in [5.74, 6) is 0.432. The zero-order valence-corrected chi connectivity index (χ0v) is 16.1. The van der Waals surface area contributed by atoms with Gasteiger partial charge in [-0.25, -0.2) is 0 Å². The molecule has 0 saturated carbocycles. The zero-order valence-electron chi connectivity index (χ0n) is 13.8. The molecule has 0 bridgehead atoms. The maximum absolute atomic E-state index is 12.1. The average Bonchev–Trinajstić information content (AvgIpc) is 2.62. The topological polar surface area (TPSA) is 41.6 Å². The first-order chi connectivity index (χ1) is 12.1. The van der Waals surface area contributed by atoms with Crippen molar-refractivity contribution < 1.29 is 9.53 Å². The number of carbonyl (C=O) groups excluding carboxylic acids is 1. The standard InChI is InChI=1S/C19H20BrClN2O2/c20-14-4-7-16(8-5-14)25-13-19(24)22-15-6-9-18(17(21)12-15)23-10-2-1-3-11-23/h4-9,12H,1-3,10-11,13H2,(H,22,24). The van der Waals surface area contributed by atoms with E-state index < -0.39 is 0 Å². The fourth-order valence-corrected chi connectivity index (χ4v) is 3.42. The molecule has 3 rings (SSSR count). The predicted molar refractivity (Wildman–Crippen MR) is 106 cm³/mol. The van der Waals surface area contributed by atoms with Gasteiger partial charge in [-0.05, 0) is 61.7 Å². The maximum Gasteiger partial charge on any atom is 0.262 e. The van der Waals surface area contributed by atoms with E-state index in [1.54, 1.807) is 6.07 Å². The molecule has 1 saturated heterocycles. The van der Waals surface area contributed by atoms with Crippen LogP contribution in [0.5, 0.6) is 5.75 Å². The van der Waals surface area contributed by atoms with Crippen molar-refractivity contribution in [2.24, 2.45) is 0 Å². The number of anilines is 2. The predicted octanol–water partition coefficient (Wildman–Crippen LogP) is 5.11. The molecule has 25 heavy (non-hydrogen) atoms. The molecule has 1 aliphatic rings. The molecule has 1 heterocycles. The van der Waals surface area contributed by atoms with Crippen molar-refractivity contribution in [2.75, 3.05) is 29.9 Å². The van der Waals surface area contributed by atoms with Crippen molar-refractivity contribution in [1.82, 2.24) is 0 Å². The molecule has 0 spiro atoms. The van der Waals surface area contributed by atoms with Crippen LogP contribution in [0.1, 0.15) is 19.3 Å². The van der Waals surface area contributed by atoms with Crippen LogP contribution in [0.4, 0.5) is 11.4 Å². The number of amides is 1. The SMILES string of the molecule is O=C(COc1ccc(Br)cc1)Nc1ccc(N2CCCCC2)c(Cl)c1. The molecule has 1 aliphatic heterocycles. The molecule has 0 unspecified atom stereocenters. The van der Waals surface area contributed by atoms with Gasteiger partial charge in [0.1, 0.15) is 5.75 Å². The highest BCUT2D eigenvalue weighted by Crippen LogP contribution is 2.30. The first-order valence-electron chi connectivity index (χ1n) is 8.34. The Hall–Kier alpha value is -1.72. The molecule has 6 heteroatoms. The van der Waals surface area contributed by atoms with E-state index in [1.165, 1.54) is 19.3 Å². The monoisotopic (exact) mass is 422 g/mol. The molecule has 132 valence electrons. The van der Waals surface area contributed by atoms with Crippen LogP contribution < -0.4 is 15.0 Å². The highest BCUT2D eigenvalue weighted by molar-refractivity contribution is 9.10. The summed E-state index contributed by atoms with van der Waals surface area (Å²) in [6.07, 6.45) is 3.67. The second-order valence-electron chi connectivity index (χ2n) is 6.00. The number of piperidine rings is 1. The largest absolute Gasteiger partial charge is 0.484 e. The number of carbonyl (C=O) groups is 1. The normalized spacial score (nSPS) is 14.2. The van der Waals surface area contributed by atoms with Gasteiger partial charge in [0.25, 0.3) is 5.91 Å². The second-order valence-corrected chi connectivity index (χ2v) is 7.33. The van der Waals surface area contributed by atoms with Gasteiger partial charge in [0, 0.05) is 23.2 Å². The molecule has 4 nitrogen and oxygen atoms in total. The summed E-state index contributed by atoms with van der Waals surface area (Å²) in [4.78, 5) is 14.4. The van der Waals surface area contributed by atoms with E-state index in [1.807, 2.05) is 36.4 Å². The van der Waals surface area contributed by atoms with E-state index in [0.717, 1.165) is 23.2 Å². The summed E-state index contributed by atoms with van der Waals surface area (Å²) >= 11 is 9.77. The summed E-state index contributed by atoms with van der Waals surface area (Å²) in [5.41, 5.74) is 1.71. The Labute approximate surface area is 161 Å². The van der Waals surface area contributed by atoms with E-state index in [9.17, 15) is 4.79 Å². The van der Waals surface area contributed by atoms with Crippen LogP contribution >= 0.6 is 27.5 Å². The highest BCUT2D eigenvalue weighted by Gasteiger charge is 2.14. The number of rotatable bonds is 5. The molecule has 2 aromatic carbocycles. The van der Waals surface area contributed by atoms with Crippen molar-refractivity contribution in [1.29, 1.82) is 0 Å². The van der Waals surface area contributed by atoms with Crippen LogP contribution in [0.3, 0.4) is 0 Å². The minimum atomic E-state index is -0.218. The minimum absolute atomic E-state index is 0.0485. The van der Waals surface area contributed by atoms with E-state index in [2.05, 4.69) is 26.1 Å². The number of hydrogen-bond donors (Lipinski definition) is 1.